The van der Waals surface area contributed by atoms with E-state index in [1.165, 1.54) is 18.2 Å². The first-order chi connectivity index (χ1) is 11.2. The number of hydrogen-bond acceptors (Lipinski definition) is 4. The topological polar surface area (TPSA) is 58.2 Å². The number of nitrogens with one attached hydrogen (secondary N) is 2. The van der Waals surface area contributed by atoms with Gasteiger partial charge in [0.25, 0.3) is 0 Å². The van der Waals surface area contributed by atoms with E-state index < -0.39 is 0 Å². The molecule has 2 unspecified atom stereocenters. The zero-order valence-electron chi connectivity index (χ0n) is 15.1. The number of rotatable bonds is 5. The molecule has 0 heterocycles. The monoisotopic (exact) mass is 430 g/mol. The molecule has 2 atom stereocenters. The van der Waals surface area contributed by atoms with Gasteiger partial charge in [-0.15, -0.1) is 10.5 Å². The van der Waals surface area contributed by atoms with E-state index in [4.69, 9.17) is 25.3 Å². The number of amides is 2. The van der Waals surface area contributed by atoms with Crippen LogP contribution in [0.5, 0.6) is 0 Å². The maximum absolute atomic E-state index is 10.2. The predicted octanol–water partition coefficient (Wildman–Crippen LogP) is 1.18. The Kier molecular flexibility index (Phi) is 18.4. The molecule has 2 amide bonds. The first-order valence-corrected chi connectivity index (χ1v) is 11.8. The fraction of sp³-hybridized carbons (Fsp3) is 0.529. The van der Waals surface area contributed by atoms with E-state index in [0.717, 1.165) is 0 Å². The first kappa shape index (κ1) is 25.6. The Balaban J connectivity index is 0. The molecule has 0 aromatic heterocycles. The number of hydrogen-bond donors (Lipinski definition) is 2. The van der Waals surface area contributed by atoms with Crippen LogP contribution >= 0.6 is 0 Å². The van der Waals surface area contributed by atoms with Crippen LogP contribution in [0.2, 0.25) is 5.76 Å². The molecule has 0 fully saturated rings. The van der Waals surface area contributed by atoms with Gasteiger partial charge in [-0.1, -0.05) is 13.8 Å². The molecule has 0 bridgehead atoms. The third kappa shape index (κ3) is 23.7. The van der Waals surface area contributed by atoms with Gasteiger partial charge in [-0.25, -0.2) is 0 Å². The summed E-state index contributed by atoms with van der Waals surface area (Å²) in [6.45, 7) is 7.93. The normalized spacial score (nSPS) is 11.6. The molecule has 2 radical (unpaired) electrons. The van der Waals surface area contributed by atoms with Crippen LogP contribution in [-0.2, 0) is 34.8 Å². The average molecular weight is 429 g/mol. The van der Waals surface area contributed by atoms with Crippen molar-refractivity contribution < 1.29 is 9.59 Å². The minimum atomic E-state index is -0.0123. The van der Waals surface area contributed by atoms with Gasteiger partial charge in [-0.3, -0.25) is 9.59 Å². The van der Waals surface area contributed by atoms with Crippen molar-refractivity contribution in [2.75, 3.05) is 13.1 Å². The van der Waals surface area contributed by atoms with E-state index >= 15 is 0 Å². The second-order valence-electron chi connectivity index (χ2n) is 5.11. The molecule has 4 nitrogen and oxygen atoms in total. The molecule has 0 aliphatic rings. The predicted molar refractivity (Wildman–Crippen MR) is 109 cm³/mol. The molecule has 136 valence electrons. The number of carbonyl (C=O) groups is 2. The van der Waals surface area contributed by atoms with Crippen LogP contribution in [0.15, 0.2) is 30.3 Å². The summed E-state index contributed by atoms with van der Waals surface area (Å²) < 4.78 is 1.53. The standard InChI is InChI=1S/C7H8Ge.2C5H11NOS/c1-8-7-5-3-2-4-6-7;2*1-4(8)3-6-5(2)7/h2-6H,1H3;2*4,8H,3H2,1-2H3,(H,6,7)/p-2. The molecule has 0 saturated carbocycles. The molecule has 0 aliphatic heterocycles. The quantitative estimate of drug-likeness (QED) is 0.546. The molecule has 1 rings (SSSR count). The van der Waals surface area contributed by atoms with Crippen molar-refractivity contribution in [1.29, 1.82) is 0 Å². The first-order valence-electron chi connectivity index (χ1n) is 7.72. The fourth-order valence-electron chi connectivity index (χ4n) is 1.18. The van der Waals surface area contributed by atoms with E-state index in [9.17, 15) is 9.59 Å². The van der Waals surface area contributed by atoms with Gasteiger partial charge >= 0.3 is 55.9 Å². The second-order valence-corrected chi connectivity index (χ2v) is 8.98. The van der Waals surface area contributed by atoms with Crippen LogP contribution < -0.4 is 15.0 Å². The molecule has 0 spiro atoms. The van der Waals surface area contributed by atoms with Gasteiger partial charge < -0.3 is 35.9 Å². The summed E-state index contributed by atoms with van der Waals surface area (Å²) in [7, 11) is 0. The van der Waals surface area contributed by atoms with Crippen molar-refractivity contribution in [1.82, 2.24) is 10.6 Å². The summed E-state index contributed by atoms with van der Waals surface area (Å²) in [5, 5.41) is 5.48. The maximum atomic E-state index is 10.2. The van der Waals surface area contributed by atoms with Gasteiger partial charge in [0.2, 0.25) is 11.8 Å². The van der Waals surface area contributed by atoms with E-state index in [-0.39, 0.29) is 37.7 Å². The Hall–Kier alpha value is -0.597. The molecule has 1 aromatic carbocycles. The van der Waals surface area contributed by atoms with Crippen LogP contribution in [0, 0.1) is 0 Å². The molecule has 2 N–H and O–H groups in total. The Bertz CT molecular complexity index is 421. The van der Waals surface area contributed by atoms with E-state index in [1.807, 2.05) is 13.8 Å². The van der Waals surface area contributed by atoms with Gasteiger partial charge in [0.1, 0.15) is 0 Å². The Morgan fingerprint density at radius 2 is 1.33 bits per heavy atom. The van der Waals surface area contributed by atoms with Gasteiger partial charge in [0, 0.05) is 13.8 Å². The van der Waals surface area contributed by atoms with Crippen molar-refractivity contribution in [2.45, 2.75) is 44.0 Å². The van der Waals surface area contributed by atoms with Gasteiger partial charge in [0.05, 0.1) is 0 Å². The second kappa shape index (κ2) is 17.2. The Morgan fingerprint density at radius 3 is 1.50 bits per heavy atom. The SMILES string of the molecule is CC(=O)NCC(C)[S-].CC(=O)NCC(C)[S-].[CH3][Ge][c]1ccccc1. The van der Waals surface area contributed by atoms with Gasteiger partial charge in [-0.2, -0.15) is 0 Å². The zero-order valence-corrected chi connectivity index (χ0v) is 18.8. The van der Waals surface area contributed by atoms with Crippen molar-refractivity contribution in [3.05, 3.63) is 30.3 Å². The molecule has 0 aliphatic carbocycles. The molecule has 24 heavy (non-hydrogen) atoms. The average Bonchev–Trinajstić information content (AvgIpc) is 2.53. The molecule has 7 heteroatoms. The van der Waals surface area contributed by atoms with Crippen LogP contribution in [0.25, 0.3) is 0 Å². The van der Waals surface area contributed by atoms with Crippen LogP contribution in [-0.4, -0.2) is 50.8 Å². The summed E-state index contributed by atoms with van der Waals surface area (Å²) in [6.07, 6.45) is 0. The summed E-state index contributed by atoms with van der Waals surface area (Å²) in [6, 6.07) is 10.6. The molecule has 0 saturated heterocycles. The fourth-order valence-corrected chi connectivity index (χ4v) is 2.45. The van der Waals surface area contributed by atoms with E-state index in [1.54, 1.807) is 0 Å². The third-order valence-corrected chi connectivity index (χ3v) is 4.58. The molecule has 1 aromatic rings. The zero-order chi connectivity index (χ0) is 19.0. The Morgan fingerprint density at radius 1 is 0.958 bits per heavy atom. The van der Waals surface area contributed by atoms with Crippen molar-refractivity contribution in [3.63, 3.8) is 0 Å². The van der Waals surface area contributed by atoms with Crippen LogP contribution in [0.1, 0.15) is 27.7 Å². The summed E-state index contributed by atoms with van der Waals surface area (Å²) in [4.78, 5) is 20.4. The molecular weight excluding hydrogens is 401 g/mol. The molecular formula is C17H28GeN2O2S2-2. The van der Waals surface area contributed by atoms with E-state index in [0.29, 0.717) is 13.1 Å². The van der Waals surface area contributed by atoms with Crippen molar-refractivity contribution in [3.8, 4) is 0 Å². The minimum absolute atomic E-state index is 0.0123. The number of carbonyl (C=O) groups excluding carboxylic acids is 2. The van der Waals surface area contributed by atoms with Gasteiger partial charge in [-0.05, 0) is 13.1 Å². The van der Waals surface area contributed by atoms with Crippen molar-refractivity contribution in [2.24, 2.45) is 0 Å². The summed E-state index contributed by atoms with van der Waals surface area (Å²) in [5.41, 5.74) is 0. The summed E-state index contributed by atoms with van der Waals surface area (Å²) >= 11 is 9.76. The van der Waals surface area contributed by atoms with Crippen molar-refractivity contribution >= 4 is 56.9 Å². The van der Waals surface area contributed by atoms with Crippen LogP contribution in [0.4, 0.5) is 0 Å². The Labute approximate surface area is 164 Å². The summed E-state index contributed by atoms with van der Waals surface area (Å²) in [5.74, 6) is 2.26. The van der Waals surface area contributed by atoms with Crippen LogP contribution in [0.3, 0.4) is 0 Å². The third-order valence-electron chi connectivity index (χ3n) is 2.34. The van der Waals surface area contributed by atoms with E-state index in [2.05, 4.69) is 46.7 Å². The van der Waals surface area contributed by atoms with Gasteiger partial charge in [0.15, 0.2) is 0 Å². The number of benzene rings is 1.